The predicted octanol–water partition coefficient (Wildman–Crippen LogP) is 6.06. The van der Waals surface area contributed by atoms with Gasteiger partial charge in [-0.3, -0.25) is 4.79 Å². The fourth-order valence-electron chi connectivity index (χ4n) is 3.96. The van der Waals surface area contributed by atoms with Crippen molar-refractivity contribution in [1.29, 1.82) is 0 Å². The molecule has 6 nitrogen and oxygen atoms in total. The van der Waals surface area contributed by atoms with E-state index < -0.39 is 0 Å². The lowest BCUT2D eigenvalue weighted by atomic mass is 10.0. The number of aryl methyl sites for hydroxylation is 3. The minimum absolute atomic E-state index is 0.137. The molecule has 0 bridgehead atoms. The molecular formula is C29H31N3O3. The molecule has 0 atom stereocenters. The average Bonchev–Trinajstić information content (AvgIpc) is 3.18. The van der Waals surface area contributed by atoms with Gasteiger partial charge in [0.1, 0.15) is 5.65 Å². The van der Waals surface area contributed by atoms with E-state index in [-0.39, 0.29) is 18.3 Å². The highest BCUT2D eigenvalue weighted by atomic mass is 16.5. The summed E-state index contributed by atoms with van der Waals surface area (Å²) < 4.78 is 7.26. The fourth-order valence-corrected chi connectivity index (χ4v) is 3.96. The molecule has 0 aliphatic carbocycles. The smallest absolute Gasteiger partial charge is 0.338 e. The lowest BCUT2D eigenvalue weighted by Gasteiger charge is -2.10. The van der Waals surface area contributed by atoms with E-state index in [1.807, 2.05) is 42.6 Å². The molecule has 0 saturated heterocycles. The number of unbranched alkanes of at least 4 members (excludes halogenated alkanes) is 1. The van der Waals surface area contributed by atoms with Crippen LogP contribution in [0.15, 0.2) is 60.8 Å². The number of imidazole rings is 1. The third-order valence-electron chi connectivity index (χ3n) is 6.10. The maximum absolute atomic E-state index is 13.1. The molecule has 0 fully saturated rings. The topological polar surface area (TPSA) is 72.7 Å². The second-order valence-electron chi connectivity index (χ2n) is 8.93. The van der Waals surface area contributed by atoms with Gasteiger partial charge in [0.2, 0.25) is 5.91 Å². The van der Waals surface area contributed by atoms with Crippen LogP contribution < -0.4 is 5.32 Å². The Hall–Kier alpha value is -3.93. The van der Waals surface area contributed by atoms with Crippen LogP contribution in [0.5, 0.6) is 0 Å². The maximum atomic E-state index is 13.1. The number of pyridine rings is 1. The van der Waals surface area contributed by atoms with Crippen molar-refractivity contribution in [1.82, 2.24) is 9.38 Å². The zero-order valence-electron chi connectivity index (χ0n) is 20.7. The number of nitrogens with one attached hydrogen (secondary N) is 1. The number of amides is 1. The van der Waals surface area contributed by atoms with Crippen molar-refractivity contribution in [3.05, 3.63) is 88.7 Å². The van der Waals surface area contributed by atoms with Gasteiger partial charge in [0, 0.05) is 17.4 Å². The first-order valence-electron chi connectivity index (χ1n) is 12.0. The number of ether oxygens (including phenoxy) is 1. The van der Waals surface area contributed by atoms with Crippen LogP contribution in [0, 0.1) is 20.8 Å². The molecule has 2 aromatic heterocycles. The van der Waals surface area contributed by atoms with Gasteiger partial charge in [0.25, 0.3) is 0 Å². The Morgan fingerprint density at radius 2 is 1.83 bits per heavy atom. The summed E-state index contributed by atoms with van der Waals surface area (Å²) in [7, 11) is 0. The fraction of sp³-hybridized carbons (Fsp3) is 0.276. The first-order valence-corrected chi connectivity index (χ1v) is 12.0. The standard InChI is InChI=1S/C29H31N3O3/c1-5-6-14-35-29(34)23-8-7-9-24(17-23)30-27(33)18-25-28(22-11-10-20(3)21(4)16-22)31-26-15-19(2)12-13-32(25)26/h7-13,15-17H,5-6,14,18H2,1-4H3,(H,30,33). The van der Waals surface area contributed by atoms with Crippen molar-refractivity contribution >= 4 is 23.2 Å². The molecule has 2 aromatic carbocycles. The molecule has 2 heterocycles. The third kappa shape index (κ3) is 5.60. The maximum Gasteiger partial charge on any atom is 0.338 e. The number of benzene rings is 2. The monoisotopic (exact) mass is 469 g/mol. The molecule has 6 heteroatoms. The first-order chi connectivity index (χ1) is 16.9. The van der Waals surface area contributed by atoms with Gasteiger partial charge in [-0.05, 0) is 80.3 Å². The molecule has 0 saturated carbocycles. The highest BCUT2D eigenvalue weighted by Gasteiger charge is 2.18. The van der Waals surface area contributed by atoms with Gasteiger partial charge in [-0.2, -0.15) is 0 Å². The molecule has 35 heavy (non-hydrogen) atoms. The molecule has 0 unspecified atom stereocenters. The van der Waals surface area contributed by atoms with E-state index in [0.717, 1.165) is 41.0 Å². The Morgan fingerprint density at radius 1 is 1.00 bits per heavy atom. The SMILES string of the molecule is CCCCOC(=O)c1cccc(NC(=O)Cc2c(-c3ccc(C)c(C)c3)nc3cc(C)ccn23)c1. The van der Waals surface area contributed by atoms with Crippen LogP contribution >= 0.6 is 0 Å². The summed E-state index contributed by atoms with van der Waals surface area (Å²) in [5, 5.41) is 2.93. The molecule has 0 aliphatic rings. The van der Waals surface area contributed by atoms with E-state index >= 15 is 0 Å². The lowest BCUT2D eigenvalue weighted by Crippen LogP contribution is -2.16. The van der Waals surface area contributed by atoms with Gasteiger partial charge in [0.05, 0.1) is 30.0 Å². The Labute approximate surface area is 206 Å². The van der Waals surface area contributed by atoms with Crippen LogP contribution in [0.25, 0.3) is 16.9 Å². The molecule has 1 amide bonds. The van der Waals surface area contributed by atoms with Crippen molar-refractivity contribution in [2.45, 2.75) is 47.0 Å². The lowest BCUT2D eigenvalue weighted by molar-refractivity contribution is -0.115. The van der Waals surface area contributed by atoms with Crippen LogP contribution in [-0.2, 0) is 16.0 Å². The largest absolute Gasteiger partial charge is 0.462 e. The van der Waals surface area contributed by atoms with Crippen molar-refractivity contribution < 1.29 is 14.3 Å². The summed E-state index contributed by atoms with van der Waals surface area (Å²) >= 11 is 0. The summed E-state index contributed by atoms with van der Waals surface area (Å²) in [4.78, 5) is 30.3. The number of esters is 1. The second kappa shape index (κ2) is 10.6. The van der Waals surface area contributed by atoms with Crippen molar-refractivity contribution in [2.75, 3.05) is 11.9 Å². The van der Waals surface area contributed by atoms with Gasteiger partial charge in [-0.1, -0.05) is 31.5 Å². The number of carbonyl (C=O) groups is 2. The Morgan fingerprint density at radius 3 is 2.60 bits per heavy atom. The summed E-state index contributed by atoms with van der Waals surface area (Å²) in [5.74, 6) is -0.572. The van der Waals surface area contributed by atoms with E-state index in [2.05, 4.69) is 31.3 Å². The van der Waals surface area contributed by atoms with Gasteiger partial charge in [-0.15, -0.1) is 0 Å². The van der Waals surface area contributed by atoms with Crippen LogP contribution in [0.3, 0.4) is 0 Å². The van der Waals surface area contributed by atoms with Crippen LogP contribution in [-0.4, -0.2) is 27.9 Å². The van der Waals surface area contributed by atoms with E-state index in [1.165, 1.54) is 11.1 Å². The summed E-state index contributed by atoms with van der Waals surface area (Å²) in [6, 6.07) is 17.1. The van der Waals surface area contributed by atoms with Gasteiger partial charge in [0.15, 0.2) is 0 Å². The Bertz CT molecular complexity index is 1390. The van der Waals surface area contributed by atoms with E-state index in [0.29, 0.717) is 17.9 Å². The van der Waals surface area contributed by atoms with Crippen LogP contribution in [0.4, 0.5) is 5.69 Å². The molecule has 0 aliphatic heterocycles. The first kappa shape index (κ1) is 24.2. The number of hydrogen-bond acceptors (Lipinski definition) is 4. The van der Waals surface area contributed by atoms with Crippen LogP contribution in [0.1, 0.15) is 52.5 Å². The molecule has 0 radical (unpaired) electrons. The summed E-state index contributed by atoms with van der Waals surface area (Å²) in [5.41, 5.74) is 7.85. The van der Waals surface area contributed by atoms with Crippen LogP contribution in [0.2, 0.25) is 0 Å². The number of fused-ring (bicyclic) bond motifs is 1. The van der Waals surface area contributed by atoms with Gasteiger partial charge >= 0.3 is 5.97 Å². The highest BCUT2D eigenvalue weighted by molar-refractivity contribution is 5.96. The van der Waals surface area contributed by atoms with E-state index in [9.17, 15) is 9.59 Å². The third-order valence-corrected chi connectivity index (χ3v) is 6.10. The molecular weight excluding hydrogens is 438 g/mol. The minimum Gasteiger partial charge on any atom is -0.462 e. The van der Waals surface area contributed by atoms with Crippen molar-refractivity contribution in [3.8, 4) is 11.3 Å². The number of nitrogens with zero attached hydrogens (tertiary/aromatic N) is 2. The number of rotatable bonds is 8. The van der Waals surface area contributed by atoms with E-state index in [4.69, 9.17) is 9.72 Å². The number of anilines is 1. The molecule has 4 rings (SSSR count). The Kier molecular flexibility index (Phi) is 7.30. The minimum atomic E-state index is -0.385. The summed E-state index contributed by atoms with van der Waals surface area (Å²) in [6.07, 6.45) is 3.87. The molecule has 4 aromatic rings. The molecule has 0 spiro atoms. The zero-order chi connectivity index (χ0) is 24.9. The summed E-state index contributed by atoms with van der Waals surface area (Å²) in [6.45, 7) is 8.61. The predicted molar refractivity (Wildman–Crippen MR) is 139 cm³/mol. The quantitative estimate of drug-likeness (QED) is 0.251. The van der Waals surface area contributed by atoms with Gasteiger partial charge in [-0.25, -0.2) is 9.78 Å². The van der Waals surface area contributed by atoms with Crippen molar-refractivity contribution in [2.24, 2.45) is 0 Å². The number of aromatic nitrogens is 2. The van der Waals surface area contributed by atoms with E-state index in [1.54, 1.807) is 24.3 Å². The average molecular weight is 470 g/mol. The number of hydrogen-bond donors (Lipinski definition) is 1. The number of carbonyl (C=O) groups excluding carboxylic acids is 2. The van der Waals surface area contributed by atoms with Gasteiger partial charge < -0.3 is 14.5 Å². The zero-order valence-corrected chi connectivity index (χ0v) is 20.7. The second-order valence-corrected chi connectivity index (χ2v) is 8.93. The van der Waals surface area contributed by atoms with Crippen molar-refractivity contribution in [3.63, 3.8) is 0 Å². The Balaban J connectivity index is 1.60. The highest BCUT2D eigenvalue weighted by Crippen LogP contribution is 2.27. The normalized spacial score (nSPS) is 11.0. The molecule has 180 valence electrons. The molecule has 1 N–H and O–H groups in total.